The highest BCUT2D eigenvalue weighted by Gasteiger charge is 2.41. The second-order valence-corrected chi connectivity index (χ2v) is 5.96. The molecule has 1 aliphatic carbocycles. The number of rotatable bonds is 5. The number of carbonyl (C=O) groups is 2. The summed E-state index contributed by atoms with van der Waals surface area (Å²) in [5.41, 5.74) is 0. The summed E-state index contributed by atoms with van der Waals surface area (Å²) in [6.45, 7) is 2.97. The molecule has 21 heavy (non-hydrogen) atoms. The first-order chi connectivity index (χ1) is 10.1. The van der Waals surface area contributed by atoms with Gasteiger partial charge < -0.3 is 14.9 Å². The number of amides is 2. The molecular formula is C15H23N3O3. The number of urea groups is 1. The summed E-state index contributed by atoms with van der Waals surface area (Å²) in [4.78, 5) is 27.4. The minimum Gasteiger partial charge on any atom is -0.480 e. The molecule has 1 heterocycles. The van der Waals surface area contributed by atoms with Gasteiger partial charge in [-0.3, -0.25) is 0 Å². The number of carbonyl (C=O) groups excluding carboxylic acids is 1. The third kappa shape index (κ3) is 3.66. The van der Waals surface area contributed by atoms with Crippen molar-refractivity contribution in [1.82, 2.24) is 9.80 Å². The van der Waals surface area contributed by atoms with E-state index in [-0.39, 0.29) is 12.1 Å². The van der Waals surface area contributed by atoms with Crippen molar-refractivity contribution in [3.63, 3.8) is 0 Å². The van der Waals surface area contributed by atoms with Gasteiger partial charge in [0.1, 0.15) is 6.04 Å². The molecule has 116 valence electrons. The third-order valence-electron chi connectivity index (χ3n) is 4.52. The molecule has 2 rings (SSSR count). The monoisotopic (exact) mass is 293 g/mol. The Morgan fingerprint density at radius 2 is 2.10 bits per heavy atom. The number of aliphatic carboxylic acids is 1. The summed E-state index contributed by atoms with van der Waals surface area (Å²) < 4.78 is 0. The van der Waals surface area contributed by atoms with Crippen LogP contribution in [0.2, 0.25) is 0 Å². The number of carboxylic acid groups (broad SMARTS) is 1. The molecule has 6 nitrogen and oxygen atoms in total. The largest absolute Gasteiger partial charge is 0.480 e. The van der Waals surface area contributed by atoms with Crippen LogP contribution in [0.5, 0.6) is 0 Å². The summed E-state index contributed by atoms with van der Waals surface area (Å²) in [5.74, 6) is -0.541. The molecule has 0 aromatic heterocycles. The second kappa shape index (κ2) is 6.79. The summed E-state index contributed by atoms with van der Waals surface area (Å²) in [6.07, 6.45) is 4.57. The van der Waals surface area contributed by atoms with Crippen molar-refractivity contribution in [2.24, 2.45) is 5.92 Å². The Morgan fingerprint density at radius 1 is 1.38 bits per heavy atom. The first-order valence-corrected chi connectivity index (χ1v) is 7.75. The van der Waals surface area contributed by atoms with Crippen LogP contribution in [-0.2, 0) is 4.79 Å². The van der Waals surface area contributed by atoms with Gasteiger partial charge in [0.05, 0.1) is 12.5 Å². The topological polar surface area (TPSA) is 84.6 Å². The molecule has 0 aromatic rings. The quantitative estimate of drug-likeness (QED) is 0.840. The van der Waals surface area contributed by atoms with Crippen LogP contribution in [0, 0.1) is 17.2 Å². The van der Waals surface area contributed by atoms with E-state index in [0.717, 1.165) is 25.7 Å². The van der Waals surface area contributed by atoms with Crippen LogP contribution in [-0.4, -0.2) is 52.1 Å². The lowest BCUT2D eigenvalue weighted by Gasteiger charge is -2.39. The van der Waals surface area contributed by atoms with Crippen molar-refractivity contribution in [2.75, 3.05) is 13.1 Å². The first-order valence-electron chi connectivity index (χ1n) is 7.75. The minimum atomic E-state index is -0.919. The zero-order valence-corrected chi connectivity index (χ0v) is 12.5. The summed E-state index contributed by atoms with van der Waals surface area (Å²) in [7, 11) is 0. The summed E-state index contributed by atoms with van der Waals surface area (Å²) in [5, 5.41) is 18.1. The van der Waals surface area contributed by atoms with Crippen LogP contribution in [0.3, 0.4) is 0 Å². The van der Waals surface area contributed by atoms with E-state index in [2.05, 4.69) is 13.0 Å². The average molecular weight is 293 g/mol. The number of nitrogens with zero attached hydrogens (tertiary/aromatic N) is 3. The van der Waals surface area contributed by atoms with Crippen LogP contribution < -0.4 is 0 Å². The normalized spacial score (nSPS) is 25.2. The smallest absolute Gasteiger partial charge is 0.326 e. The molecule has 0 aromatic carbocycles. The molecular weight excluding hydrogens is 270 g/mol. The van der Waals surface area contributed by atoms with E-state index in [1.807, 2.05) is 0 Å². The fourth-order valence-electron chi connectivity index (χ4n) is 3.03. The van der Waals surface area contributed by atoms with Crippen molar-refractivity contribution < 1.29 is 14.7 Å². The maximum absolute atomic E-state index is 12.7. The molecule has 2 fully saturated rings. The minimum absolute atomic E-state index is 0.198. The molecule has 0 bridgehead atoms. The maximum Gasteiger partial charge on any atom is 0.326 e. The Bertz CT molecular complexity index is 442. The van der Waals surface area contributed by atoms with Crippen LogP contribution in [0.25, 0.3) is 0 Å². The highest BCUT2D eigenvalue weighted by atomic mass is 16.4. The molecule has 0 radical (unpaired) electrons. The number of hydrogen-bond acceptors (Lipinski definition) is 3. The van der Waals surface area contributed by atoms with Gasteiger partial charge in [0.15, 0.2) is 0 Å². The van der Waals surface area contributed by atoms with Gasteiger partial charge in [-0.1, -0.05) is 13.3 Å². The highest BCUT2D eigenvalue weighted by molar-refractivity contribution is 5.83. The highest BCUT2D eigenvalue weighted by Crippen LogP contribution is 2.31. The molecule has 6 heteroatoms. The number of likely N-dealkylation sites (tertiary alicyclic amines) is 1. The standard InChI is InChI=1S/C15H23N3O3/c1-2-11-6-9-18(13(10-11)14(19)20)15(21)17(8-3-7-16)12-4-5-12/h11-13H,2-6,8-10H2,1H3,(H,19,20). The Kier molecular flexibility index (Phi) is 5.05. The van der Waals surface area contributed by atoms with Crippen LogP contribution >= 0.6 is 0 Å². The molecule has 1 saturated carbocycles. The number of piperidine rings is 1. The van der Waals surface area contributed by atoms with Crippen molar-refractivity contribution in [1.29, 1.82) is 5.26 Å². The van der Waals surface area contributed by atoms with Crippen molar-refractivity contribution in [3.8, 4) is 6.07 Å². The van der Waals surface area contributed by atoms with E-state index >= 15 is 0 Å². The molecule has 1 N–H and O–H groups in total. The average Bonchev–Trinajstić information content (AvgIpc) is 3.31. The third-order valence-corrected chi connectivity index (χ3v) is 4.52. The summed E-state index contributed by atoms with van der Waals surface area (Å²) >= 11 is 0. The summed E-state index contributed by atoms with van der Waals surface area (Å²) in [6, 6.07) is 1.34. The second-order valence-electron chi connectivity index (χ2n) is 5.96. The first kappa shape index (κ1) is 15.6. The predicted molar refractivity (Wildman–Crippen MR) is 76.5 cm³/mol. The number of carboxylic acids is 1. The molecule has 1 aliphatic heterocycles. The molecule has 1 saturated heterocycles. The van der Waals surface area contributed by atoms with Gasteiger partial charge in [0, 0.05) is 19.1 Å². The molecule has 2 atom stereocenters. The van der Waals surface area contributed by atoms with E-state index in [1.54, 1.807) is 4.90 Å². The van der Waals surface area contributed by atoms with E-state index < -0.39 is 12.0 Å². The lowest BCUT2D eigenvalue weighted by molar-refractivity contribution is -0.144. The van der Waals surface area contributed by atoms with E-state index in [4.69, 9.17) is 5.26 Å². The Morgan fingerprint density at radius 3 is 2.62 bits per heavy atom. The number of nitriles is 1. The Labute approximate surface area is 125 Å². The van der Waals surface area contributed by atoms with Gasteiger partial charge in [0.25, 0.3) is 0 Å². The fourth-order valence-corrected chi connectivity index (χ4v) is 3.03. The van der Waals surface area contributed by atoms with E-state index in [0.29, 0.717) is 31.8 Å². The Balaban J connectivity index is 2.07. The molecule has 2 aliphatic rings. The zero-order chi connectivity index (χ0) is 15.4. The van der Waals surface area contributed by atoms with Crippen LogP contribution in [0.15, 0.2) is 0 Å². The van der Waals surface area contributed by atoms with E-state index in [9.17, 15) is 14.7 Å². The lowest BCUT2D eigenvalue weighted by atomic mass is 9.89. The van der Waals surface area contributed by atoms with Crippen molar-refractivity contribution in [2.45, 2.75) is 57.5 Å². The number of hydrogen-bond donors (Lipinski definition) is 1. The van der Waals surface area contributed by atoms with E-state index in [1.165, 1.54) is 4.90 Å². The van der Waals surface area contributed by atoms with Crippen molar-refractivity contribution in [3.05, 3.63) is 0 Å². The molecule has 0 spiro atoms. The van der Waals surface area contributed by atoms with Gasteiger partial charge in [0.2, 0.25) is 0 Å². The van der Waals surface area contributed by atoms with Gasteiger partial charge in [-0.15, -0.1) is 0 Å². The maximum atomic E-state index is 12.7. The zero-order valence-electron chi connectivity index (χ0n) is 12.5. The van der Waals surface area contributed by atoms with Gasteiger partial charge in [-0.25, -0.2) is 9.59 Å². The lowest BCUT2D eigenvalue weighted by Crippen LogP contribution is -2.55. The van der Waals surface area contributed by atoms with Crippen LogP contribution in [0.4, 0.5) is 4.79 Å². The Hall–Kier alpha value is -1.77. The SMILES string of the molecule is CCC1CCN(C(=O)N(CCC#N)C2CC2)C(C(=O)O)C1. The predicted octanol–water partition coefficient (Wildman–Crippen LogP) is 2.06. The van der Waals surface area contributed by atoms with Gasteiger partial charge in [-0.05, 0) is 31.6 Å². The van der Waals surface area contributed by atoms with Crippen molar-refractivity contribution >= 4 is 12.0 Å². The molecule has 2 unspecified atom stereocenters. The van der Waals surface area contributed by atoms with Gasteiger partial charge >= 0.3 is 12.0 Å². The van der Waals surface area contributed by atoms with Gasteiger partial charge in [-0.2, -0.15) is 5.26 Å². The molecule has 2 amide bonds. The van der Waals surface area contributed by atoms with Crippen LogP contribution in [0.1, 0.15) is 45.4 Å². The fraction of sp³-hybridized carbons (Fsp3) is 0.800.